The molecule has 0 spiro atoms. The van der Waals surface area contributed by atoms with Crippen molar-refractivity contribution in [2.45, 2.75) is 39.5 Å². The zero-order valence-corrected chi connectivity index (χ0v) is 17.5. The van der Waals surface area contributed by atoms with Crippen LogP contribution in [-0.2, 0) is 14.4 Å². The van der Waals surface area contributed by atoms with Crippen LogP contribution < -0.4 is 29.3 Å². The summed E-state index contributed by atoms with van der Waals surface area (Å²) in [5, 5.41) is 32.7. The second kappa shape index (κ2) is 15.6. The third kappa shape index (κ3) is 12.2. The second-order valence-corrected chi connectivity index (χ2v) is 7.22. The molecule has 3 atom stereocenters. The monoisotopic (exact) mass is 393 g/mol. The number of quaternary nitrogens is 1. The molecule has 3 unspecified atom stereocenters. The van der Waals surface area contributed by atoms with Crippen molar-refractivity contribution in [3.8, 4) is 0 Å². The van der Waals surface area contributed by atoms with Crippen LogP contribution in [0.5, 0.6) is 0 Å². The van der Waals surface area contributed by atoms with Gasteiger partial charge in [-0.05, 0) is 26.2 Å². The van der Waals surface area contributed by atoms with E-state index < -0.39 is 23.8 Å². The molecular weight excluding hydrogens is 359 g/mol. The summed E-state index contributed by atoms with van der Waals surface area (Å²) in [6.45, 7) is 7.62. The molecule has 0 fully saturated rings. The minimum Gasteiger partial charge on any atom is -0.550 e. The van der Waals surface area contributed by atoms with Crippen molar-refractivity contribution in [2.75, 3.05) is 39.3 Å². The van der Waals surface area contributed by atoms with Gasteiger partial charge in [-0.1, -0.05) is 13.0 Å². The van der Waals surface area contributed by atoms with Crippen LogP contribution in [0.15, 0.2) is 12.7 Å². The van der Waals surface area contributed by atoms with E-state index >= 15 is 0 Å². The first-order valence-corrected chi connectivity index (χ1v) is 9.44. The molecule has 3 N–H and O–H groups in total. The SMILES string of the molecule is C=CCCCCC(=O)NCC[N+](CCO)(CC(C)C(=O)[O-])CC(C)C(=O)O.[Li+]. The summed E-state index contributed by atoms with van der Waals surface area (Å²) >= 11 is 0. The van der Waals surface area contributed by atoms with E-state index in [1.165, 1.54) is 6.92 Å². The minimum absolute atomic E-state index is 0. The average Bonchev–Trinajstić information content (AvgIpc) is 2.58. The number of hydrogen-bond donors (Lipinski definition) is 3. The number of unbranched alkanes of at least 4 members (excludes halogenated alkanes) is 2. The number of hydrogen-bond acceptors (Lipinski definition) is 5. The molecule has 0 aliphatic rings. The normalized spacial score (nSPS) is 14.8. The third-order valence-corrected chi connectivity index (χ3v) is 4.69. The predicted octanol–water partition coefficient (Wildman–Crippen LogP) is -3.23. The van der Waals surface area contributed by atoms with Gasteiger partial charge in [-0.2, -0.15) is 0 Å². The number of aliphatic carboxylic acids is 2. The van der Waals surface area contributed by atoms with Crippen molar-refractivity contribution in [1.82, 2.24) is 5.32 Å². The van der Waals surface area contributed by atoms with Crippen LogP contribution in [0.4, 0.5) is 0 Å². The molecule has 9 heteroatoms. The molecule has 0 heterocycles. The van der Waals surface area contributed by atoms with Crippen LogP contribution in [0.25, 0.3) is 0 Å². The molecule has 0 radical (unpaired) electrons. The largest absolute Gasteiger partial charge is 1.00 e. The second-order valence-electron chi connectivity index (χ2n) is 7.22. The molecule has 0 aromatic rings. The van der Waals surface area contributed by atoms with Gasteiger partial charge in [0.15, 0.2) is 0 Å². The van der Waals surface area contributed by atoms with Gasteiger partial charge in [0.25, 0.3) is 0 Å². The van der Waals surface area contributed by atoms with E-state index in [9.17, 15) is 29.7 Å². The number of carboxylic acids is 2. The standard InChI is InChI=1S/C19H34N2O6.Li/c1-4-5-6-7-8-17(23)20-9-10-21(11-12-22,13-15(2)18(24)25)14-16(3)19(26)27;/h4,15-16,22H,1,5-14H2,2-3H3,(H2-,20,23,24,25,26,27);/q;+1. The Kier molecular flexibility index (Phi) is 16.1. The van der Waals surface area contributed by atoms with Gasteiger partial charge in [0, 0.05) is 18.3 Å². The fraction of sp³-hybridized carbons (Fsp3) is 0.737. The number of nitrogens with zero attached hydrogens (tertiary/aromatic N) is 1. The number of amides is 1. The number of aliphatic hydroxyl groups is 1. The van der Waals surface area contributed by atoms with Gasteiger partial charge in [0.2, 0.25) is 5.91 Å². The quantitative estimate of drug-likeness (QED) is 0.110. The number of nitrogens with one attached hydrogen (secondary N) is 1. The van der Waals surface area contributed by atoms with Crippen molar-refractivity contribution >= 4 is 17.8 Å². The molecule has 0 aromatic carbocycles. The Bertz CT molecular complexity index is 479. The summed E-state index contributed by atoms with van der Waals surface area (Å²) in [6.07, 6.45) is 4.71. The van der Waals surface area contributed by atoms with Gasteiger partial charge in [-0.25, -0.2) is 0 Å². The maximum atomic E-state index is 11.9. The summed E-state index contributed by atoms with van der Waals surface area (Å²) in [6, 6.07) is 0. The fourth-order valence-electron chi connectivity index (χ4n) is 3.17. The summed E-state index contributed by atoms with van der Waals surface area (Å²) in [5.41, 5.74) is 0. The smallest absolute Gasteiger partial charge is 0.550 e. The Morgan fingerprint density at radius 3 is 2.25 bits per heavy atom. The summed E-state index contributed by atoms with van der Waals surface area (Å²) < 4.78 is 0.0931. The number of carbonyl (C=O) groups excluding carboxylic acids is 2. The average molecular weight is 393 g/mol. The Balaban J connectivity index is 0. The van der Waals surface area contributed by atoms with Crippen LogP contribution in [0.2, 0.25) is 0 Å². The first-order chi connectivity index (χ1) is 12.7. The van der Waals surface area contributed by atoms with Crippen LogP contribution in [0.1, 0.15) is 39.5 Å². The molecule has 1 amide bonds. The van der Waals surface area contributed by atoms with Crippen LogP contribution in [0.3, 0.4) is 0 Å². The molecule has 0 aromatic heterocycles. The van der Waals surface area contributed by atoms with Crippen LogP contribution in [0, 0.1) is 11.8 Å². The predicted molar refractivity (Wildman–Crippen MR) is 99.5 cm³/mol. The van der Waals surface area contributed by atoms with Gasteiger partial charge in [-0.15, -0.1) is 6.58 Å². The van der Waals surface area contributed by atoms with Crippen molar-refractivity contribution < 1.29 is 53.0 Å². The summed E-state index contributed by atoms with van der Waals surface area (Å²) in [4.78, 5) is 34.4. The van der Waals surface area contributed by atoms with E-state index in [0.29, 0.717) is 13.0 Å². The zero-order valence-electron chi connectivity index (χ0n) is 17.5. The summed E-state index contributed by atoms with van der Waals surface area (Å²) in [7, 11) is 0. The number of allylic oxidation sites excluding steroid dienone is 1. The minimum atomic E-state index is -1.22. The maximum Gasteiger partial charge on any atom is 1.00 e. The molecular formula is C19H34LiN2O6+. The topological polar surface area (TPSA) is 127 Å². The van der Waals surface area contributed by atoms with E-state index in [4.69, 9.17) is 0 Å². The van der Waals surface area contributed by atoms with Gasteiger partial charge < -0.3 is 29.9 Å². The fourth-order valence-corrected chi connectivity index (χ4v) is 3.17. The maximum absolute atomic E-state index is 11.9. The Morgan fingerprint density at radius 2 is 1.75 bits per heavy atom. The first kappa shape index (κ1) is 28.9. The zero-order chi connectivity index (χ0) is 20.9. The van der Waals surface area contributed by atoms with E-state index in [0.717, 1.165) is 19.3 Å². The number of rotatable bonds is 16. The van der Waals surface area contributed by atoms with E-state index in [1.807, 2.05) is 0 Å². The molecule has 0 bridgehead atoms. The summed E-state index contributed by atoms with van der Waals surface area (Å²) in [5.74, 6) is -3.81. The van der Waals surface area contributed by atoms with Gasteiger partial charge in [-0.3, -0.25) is 9.59 Å². The van der Waals surface area contributed by atoms with Crippen LogP contribution >= 0.6 is 0 Å². The molecule has 0 rings (SSSR count). The Morgan fingerprint density at radius 1 is 1.14 bits per heavy atom. The van der Waals surface area contributed by atoms with Crippen molar-refractivity contribution in [3.63, 3.8) is 0 Å². The van der Waals surface area contributed by atoms with Crippen molar-refractivity contribution in [3.05, 3.63) is 12.7 Å². The first-order valence-electron chi connectivity index (χ1n) is 9.44. The number of aliphatic hydroxyl groups excluding tert-OH is 1. The Labute approximate surface area is 179 Å². The molecule has 0 saturated heterocycles. The molecule has 28 heavy (non-hydrogen) atoms. The third-order valence-electron chi connectivity index (χ3n) is 4.69. The Hall–Kier alpha value is -1.33. The molecule has 0 saturated carbocycles. The number of carboxylic acid groups (broad SMARTS) is 2. The molecule has 156 valence electrons. The van der Waals surface area contributed by atoms with Gasteiger partial charge in [0.1, 0.15) is 12.5 Å². The van der Waals surface area contributed by atoms with Gasteiger partial charge >= 0.3 is 24.8 Å². The van der Waals surface area contributed by atoms with E-state index in [2.05, 4.69) is 11.9 Å². The van der Waals surface area contributed by atoms with Gasteiger partial charge in [0.05, 0.1) is 32.8 Å². The van der Waals surface area contributed by atoms with Crippen molar-refractivity contribution in [2.24, 2.45) is 11.8 Å². The number of carbonyl (C=O) groups is 3. The van der Waals surface area contributed by atoms with E-state index in [1.54, 1.807) is 13.0 Å². The van der Waals surface area contributed by atoms with Crippen LogP contribution in [-0.4, -0.2) is 71.9 Å². The molecule has 8 nitrogen and oxygen atoms in total. The van der Waals surface area contributed by atoms with E-state index in [-0.39, 0.29) is 62.0 Å². The van der Waals surface area contributed by atoms with Crippen molar-refractivity contribution in [1.29, 1.82) is 0 Å². The molecule has 0 aliphatic carbocycles. The molecule has 0 aliphatic heterocycles.